The van der Waals surface area contributed by atoms with E-state index in [0.29, 0.717) is 6.04 Å². The molecule has 1 unspecified atom stereocenters. The van der Waals surface area contributed by atoms with E-state index in [1.807, 2.05) is 10.9 Å². The number of hydrogen-bond donors (Lipinski definition) is 2. The van der Waals surface area contributed by atoms with Crippen molar-refractivity contribution in [2.24, 2.45) is 5.84 Å². The fraction of sp³-hybridized carbons (Fsp3) is 0.727. The van der Waals surface area contributed by atoms with Gasteiger partial charge in [0.2, 0.25) is 0 Å². The molecule has 4 nitrogen and oxygen atoms in total. The van der Waals surface area contributed by atoms with Gasteiger partial charge in [0.1, 0.15) is 0 Å². The van der Waals surface area contributed by atoms with Gasteiger partial charge in [-0.2, -0.15) is 5.10 Å². The number of nitrogens with one attached hydrogen (secondary N) is 1. The Morgan fingerprint density at radius 2 is 2.33 bits per heavy atom. The fourth-order valence-electron chi connectivity index (χ4n) is 1.66. The second kappa shape index (κ2) is 6.58. The summed E-state index contributed by atoms with van der Waals surface area (Å²) in [6, 6.07) is 0.374. The number of rotatable bonds is 7. The van der Waals surface area contributed by atoms with Crippen LogP contribution in [0.1, 0.15) is 38.7 Å². The van der Waals surface area contributed by atoms with E-state index in [1.54, 1.807) is 0 Å². The van der Waals surface area contributed by atoms with Crippen molar-refractivity contribution in [2.45, 2.75) is 52.1 Å². The van der Waals surface area contributed by atoms with Crippen LogP contribution < -0.4 is 11.3 Å². The van der Waals surface area contributed by atoms with Crippen LogP contribution in [0.2, 0.25) is 0 Å². The summed E-state index contributed by atoms with van der Waals surface area (Å²) in [6.45, 7) is 5.21. The zero-order valence-corrected chi connectivity index (χ0v) is 9.74. The third-order valence-electron chi connectivity index (χ3n) is 2.63. The second-order valence-corrected chi connectivity index (χ2v) is 3.91. The standard InChI is InChI=1S/C11H22N4/c1-3-5-6-11(14-12)7-10-8-13-15(4-2)9-10/h8-9,11,14H,3-7,12H2,1-2H3. The highest BCUT2D eigenvalue weighted by atomic mass is 15.3. The molecule has 0 saturated carbocycles. The summed E-state index contributed by atoms with van der Waals surface area (Å²) < 4.78 is 1.95. The minimum Gasteiger partial charge on any atom is -0.273 e. The highest BCUT2D eigenvalue weighted by Gasteiger charge is 2.08. The molecule has 1 aromatic rings. The number of aryl methyl sites for hydroxylation is 1. The maximum Gasteiger partial charge on any atom is 0.0522 e. The smallest absolute Gasteiger partial charge is 0.0522 e. The van der Waals surface area contributed by atoms with E-state index in [1.165, 1.54) is 18.4 Å². The Bertz CT molecular complexity index is 269. The molecule has 0 bridgehead atoms. The molecular formula is C11H22N4. The van der Waals surface area contributed by atoms with E-state index in [4.69, 9.17) is 5.84 Å². The molecule has 86 valence electrons. The molecule has 3 N–H and O–H groups in total. The molecule has 0 aliphatic carbocycles. The summed E-state index contributed by atoms with van der Waals surface area (Å²) in [5.41, 5.74) is 4.14. The molecule has 1 atom stereocenters. The quantitative estimate of drug-likeness (QED) is 0.529. The van der Waals surface area contributed by atoms with Crippen LogP contribution in [0.4, 0.5) is 0 Å². The Morgan fingerprint density at radius 1 is 1.53 bits per heavy atom. The lowest BCUT2D eigenvalue weighted by atomic mass is 10.0. The lowest BCUT2D eigenvalue weighted by Gasteiger charge is -2.13. The van der Waals surface area contributed by atoms with E-state index in [9.17, 15) is 0 Å². The summed E-state index contributed by atoms with van der Waals surface area (Å²) >= 11 is 0. The van der Waals surface area contributed by atoms with E-state index in [0.717, 1.165) is 19.4 Å². The SMILES string of the molecule is CCCCC(Cc1cnn(CC)c1)NN. The molecular weight excluding hydrogens is 188 g/mol. The first-order chi connectivity index (χ1) is 7.30. The van der Waals surface area contributed by atoms with Gasteiger partial charge in [-0.1, -0.05) is 19.8 Å². The van der Waals surface area contributed by atoms with Gasteiger partial charge in [-0.15, -0.1) is 0 Å². The minimum atomic E-state index is 0.374. The van der Waals surface area contributed by atoms with Gasteiger partial charge in [0.15, 0.2) is 0 Å². The number of hydrazine groups is 1. The van der Waals surface area contributed by atoms with Crippen LogP contribution in [0.25, 0.3) is 0 Å². The van der Waals surface area contributed by atoms with Crippen LogP contribution in [0.15, 0.2) is 12.4 Å². The van der Waals surface area contributed by atoms with Gasteiger partial charge < -0.3 is 0 Å². The molecule has 0 amide bonds. The number of unbranched alkanes of at least 4 members (excludes halogenated alkanes) is 1. The number of aromatic nitrogens is 2. The Labute approximate surface area is 91.8 Å². The van der Waals surface area contributed by atoms with Gasteiger partial charge >= 0.3 is 0 Å². The zero-order chi connectivity index (χ0) is 11.1. The Morgan fingerprint density at radius 3 is 2.87 bits per heavy atom. The van der Waals surface area contributed by atoms with Crippen LogP contribution in [-0.2, 0) is 13.0 Å². The van der Waals surface area contributed by atoms with Gasteiger partial charge in [-0.3, -0.25) is 16.0 Å². The molecule has 0 aliphatic heterocycles. The van der Waals surface area contributed by atoms with Crippen molar-refractivity contribution in [1.29, 1.82) is 0 Å². The van der Waals surface area contributed by atoms with Crippen LogP contribution in [0.3, 0.4) is 0 Å². The largest absolute Gasteiger partial charge is 0.273 e. The van der Waals surface area contributed by atoms with Crippen molar-refractivity contribution in [3.63, 3.8) is 0 Å². The number of hydrogen-bond acceptors (Lipinski definition) is 3. The van der Waals surface area contributed by atoms with Crippen LogP contribution in [0, 0.1) is 0 Å². The minimum absolute atomic E-state index is 0.374. The Hall–Kier alpha value is -0.870. The van der Waals surface area contributed by atoms with Gasteiger partial charge in [-0.05, 0) is 25.3 Å². The molecule has 0 spiro atoms. The molecule has 0 radical (unpaired) electrons. The molecule has 4 heteroatoms. The van der Waals surface area contributed by atoms with E-state index < -0.39 is 0 Å². The fourth-order valence-corrected chi connectivity index (χ4v) is 1.66. The molecule has 1 heterocycles. The van der Waals surface area contributed by atoms with Crippen molar-refractivity contribution in [2.75, 3.05) is 0 Å². The lowest BCUT2D eigenvalue weighted by Crippen LogP contribution is -2.36. The average Bonchev–Trinajstić information content (AvgIpc) is 2.71. The summed E-state index contributed by atoms with van der Waals surface area (Å²) in [7, 11) is 0. The first kappa shape index (κ1) is 12.2. The molecule has 1 rings (SSSR count). The first-order valence-electron chi connectivity index (χ1n) is 5.77. The van der Waals surface area contributed by atoms with E-state index in [2.05, 4.69) is 30.6 Å². The maximum absolute atomic E-state index is 5.52. The maximum atomic E-state index is 5.52. The average molecular weight is 210 g/mol. The van der Waals surface area contributed by atoms with Crippen LogP contribution in [-0.4, -0.2) is 15.8 Å². The molecule has 0 aromatic carbocycles. The van der Waals surface area contributed by atoms with Crippen molar-refractivity contribution in [3.8, 4) is 0 Å². The van der Waals surface area contributed by atoms with Gasteiger partial charge in [0.25, 0.3) is 0 Å². The Balaban J connectivity index is 2.43. The Kier molecular flexibility index (Phi) is 5.36. The van der Waals surface area contributed by atoms with Crippen molar-refractivity contribution >= 4 is 0 Å². The first-order valence-corrected chi connectivity index (χ1v) is 5.77. The normalized spacial score (nSPS) is 13.0. The number of nitrogens with zero attached hydrogens (tertiary/aromatic N) is 2. The highest BCUT2D eigenvalue weighted by Crippen LogP contribution is 2.07. The topological polar surface area (TPSA) is 55.9 Å². The van der Waals surface area contributed by atoms with Gasteiger partial charge in [-0.25, -0.2) is 0 Å². The predicted octanol–water partition coefficient (Wildman–Crippen LogP) is 1.47. The summed E-state index contributed by atoms with van der Waals surface area (Å²) in [5.74, 6) is 5.52. The molecule has 0 fully saturated rings. The van der Waals surface area contributed by atoms with E-state index >= 15 is 0 Å². The second-order valence-electron chi connectivity index (χ2n) is 3.91. The third-order valence-corrected chi connectivity index (χ3v) is 2.63. The highest BCUT2D eigenvalue weighted by molar-refractivity contribution is 5.05. The molecule has 15 heavy (non-hydrogen) atoms. The monoisotopic (exact) mass is 210 g/mol. The lowest BCUT2D eigenvalue weighted by molar-refractivity contribution is 0.473. The van der Waals surface area contributed by atoms with Gasteiger partial charge in [0, 0.05) is 18.8 Å². The number of nitrogens with two attached hydrogens (primary N) is 1. The molecule has 0 saturated heterocycles. The predicted molar refractivity (Wildman–Crippen MR) is 62.2 cm³/mol. The van der Waals surface area contributed by atoms with Crippen molar-refractivity contribution in [3.05, 3.63) is 18.0 Å². The summed E-state index contributed by atoms with van der Waals surface area (Å²) in [6.07, 6.45) is 8.56. The molecule has 1 aromatic heterocycles. The summed E-state index contributed by atoms with van der Waals surface area (Å²) in [5, 5.41) is 4.25. The zero-order valence-electron chi connectivity index (χ0n) is 9.74. The van der Waals surface area contributed by atoms with Gasteiger partial charge in [0.05, 0.1) is 6.20 Å². The summed E-state index contributed by atoms with van der Waals surface area (Å²) in [4.78, 5) is 0. The van der Waals surface area contributed by atoms with Crippen LogP contribution in [0.5, 0.6) is 0 Å². The van der Waals surface area contributed by atoms with Crippen molar-refractivity contribution < 1.29 is 0 Å². The third kappa shape index (κ3) is 4.01. The van der Waals surface area contributed by atoms with Crippen molar-refractivity contribution in [1.82, 2.24) is 15.2 Å². The van der Waals surface area contributed by atoms with Crippen LogP contribution >= 0.6 is 0 Å². The van der Waals surface area contributed by atoms with E-state index in [-0.39, 0.29) is 0 Å². The molecule has 0 aliphatic rings.